The minimum absolute atomic E-state index is 0.151. The molecule has 2 aromatic carbocycles. The third-order valence-corrected chi connectivity index (χ3v) is 4.74. The molecular formula is C19H18N2O4. The number of fused-ring (bicyclic) bond motifs is 3. The van der Waals surface area contributed by atoms with Gasteiger partial charge in [-0.1, -0.05) is 30.3 Å². The second-order valence-corrected chi connectivity index (χ2v) is 6.54. The van der Waals surface area contributed by atoms with E-state index in [0.717, 1.165) is 21.7 Å². The summed E-state index contributed by atoms with van der Waals surface area (Å²) in [4.78, 5) is 27.0. The van der Waals surface area contributed by atoms with Crippen molar-refractivity contribution in [2.75, 3.05) is 13.2 Å². The second kappa shape index (κ2) is 5.89. The third-order valence-electron chi connectivity index (χ3n) is 4.74. The highest BCUT2D eigenvalue weighted by molar-refractivity contribution is 6.09. The van der Waals surface area contributed by atoms with E-state index in [-0.39, 0.29) is 18.9 Å². The molecule has 3 aromatic rings. The predicted molar refractivity (Wildman–Crippen MR) is 93.7 cm³/mol. The van der Waals surface area contributed by atoms with Crippen molar-refractivity contribution in [1.29, 1.82) is 0 Å². The van der Waals surface area contributed by atoms with Crippen LogP contribution in [0.25, 0.3) is 21.7 Å². The number of rotatable bonds is 4. The van der Waals surface area contributed by atoms with Gasteiger partial charge in [0.15, 0.2) is 0 Å². The zero-order chi connectivity index (χ0) is 17.4. The summed E-state index contributed by atoms with van der Waals surface area (Å²) in [7, 11) is 0. The van der Waals surface area contributed by atoms with Crippen molar-refractivity contribution < 1.29 is 19.4 Å². The summed E-state index contributed by atoms with van der Waals surface area (Å²) in [6, 6.07) is 13.8. The van der Waals surface area contributed by atoms with E-state index in [2.05, 4.69) is 10.3 Å². The van der Waals surface area contributed by atoms with Crippen LogP contribution in [0.4, 0.5) is 0 Å². The van der Waals surface area contributed by atoms with E-state index < -0.39 is 11.5 Å². The summed E-state index contributed by atoms with van der Waals surface area (Å²) in [6.45, 7) is 0.666. The van der Waals surface area contributed by atoms with Crippen LogP contribution in [0.3, 0.4) is 0 Å². The fourth-order valence-corrected chi connectivity index (χ4v) is 3.50. The van der Waals surface area contributed by atoms with Crippen LogP contribution in [0.1, 0.15) is 23.3 Å². The minimum atomic E-state index is -0.951. The number of hydrogen-bond acceptors (Lipinski definition) is 3. The van der Waals surface area contributed by atoms with Gasteiger partial charge in [0.2, 0.25) is 0 Å². The molecule has 1 aliphatic rings. The smallest absolute Gasteiger partial charge is 0.305 e. The van der Waals surface area contributed by atoms with Crippen molar-refractivity contribution in [2.45, 2.75) is 18.4 Å². The molecule has 4 rings (SSSR count). The maximum Gasteiger partial charge on any atom is 0.305 e. The van der Waals surface area contributed by atoms with E-state index in [1.807, 2.05) is 42.5 Å². The van der Waals surface area contributed by atoms with Crippen LogP contribution in [0.2, 0.25) is 0 Å². The van der Waals surface area contributed by atoms with Crippen molar-refractivity contribution in [3.05, 3.63) is 48.2 Å². The summed E-state index contributed by atoms with van der Waals surface area (Å²) < 4.78 is 5.33. The molecule has 3 N–H and O–H groups in total. The van der Waals surface area contributed by atoms with Gasteiger partial charge in [-0.15, -0.1) is 0 Å². The maximum atomic E-state index is 12.7. The van der Waals surface area contributed by atoms with Crippen LogP contribution >= 0.6 is 0 Å². The molecule has 6 heteroatoms. The van der Waals surface area contributed by atoms with Gasteiger partial charge in [0, 0.05) is 17.5 Å². The van der Waals surface area contributed by atoms with E-state index >= 15 is 0 Å². The van der Waals surface area contributed by atoms with Gasteiger partial charge in [-0.3, -0.25) is 9.59 Å². The highest BCUT2D eigenvalue weighted by Crippen LogP contribution is 2.27. The van der Waals surface area contributed by atoms with Crippen molar-refractivity contribution in [1.82, 2.24) is 10.3 Å². The zero-order valence-corrected chi connectivity index (χ0v) is 13.5. The lowest BCUT2D eigenvalue weighted by molar-refractivity contribution is -0.138. The van der Waals surface area contributed by atoms with Crippen molar-refractivity contribution in [2.24, 2.45) is 0 Å². The predicted octanol–water partition coefficient (Wildman–Crippen LogP) is 2.68. The monoisotopic (exact) mass is 338 g/mol. The molecule has 1 amide bonds. The quantitative estimate of drug-likeness (QED) is 0.682. The number of hydrogen-bond donors (Lipinski definition) is 3. The molecule has 0 spiro atoms. The molecule has 0 radical (unpaired) electrons. The molecule has 1 fully saturated rings. The average Bonchev–Trinajstić information content (AvgIpc) is 3.21. The Morgan fingerprint density at radius 2 is 2.04 bits per heavy atom. The molecule has 1 aromatic heterocycles. The SMILES string of the molecule is O=C(O)CC1(NC(=O)c2cc3c(ccc4ccccc43)[nH]2)CCOC1. The number of carboxylic acids is 1. The first-order valence-electron chi connectivity index (χ1n) is 8.19. The number of aliphatic carboxylic acids is 1. The molecule has 6 nitrogen and oxygen atoms in total. The van der Waals surface area contributed by atoms with Gasteiger partial charge >= 0.3 is 5.97 Å². The highest BCUT2D eigenvalue weighted by Gasteiger charge is 2.39. The first-order chi connectivity index (χ1) is 12.1. The fourth-order valence-electron chi connectivity index (χ4n) is 3.50. The Morgan fingerprint density at radius 1 is 1.20 bits per heavy atom. The summed E-state index contributed by atoms with van der Waals surface area (Å²) in [5.41, 5.74) is 0.448. The van der Waals surface area contributed by atoms with Gasteiger partial charge in [-0.05, 0) is 29.3 Å². The third kappa shape index (κ3) is 2.85. The number of carbonyl (C=O) groups excluding carboxylic acids is 1. The Morgan fingerprint density at radius 3 is 2.80 bits per heavy atom. The topological polar surface area (TPSA) is 91.4 Å². The molecule has 2 heterocycles. The average molecular weight is 338 g/mol. The first kappa shape index (κ1) is 15.7. The highest BCUT2D eigenvalue weighted by atomic mass is 16.5. The fraction of sp³-hybridized carbons (Fsp3) is 0.263. The summed E-state index contributed by atoms with van der Waals surface area (Å²) in [6.07, 6.45) is 0.343. The molecule has 0 saturated carbocycles. The largest absolute Gasteiger partial charge is 0.481 e. The maximum absolute atomic E-state index is 12.7. The Balaban J connectivity index is 1.68. The summed E-state index contributed by atoms with van der Waals surface area (Å²) in [5.74, 6) is -1.26. The van der Waals surface area contributed by atoms with Gasteiger partial charge in [0.1, 0.15) is 5.69 Å². The van der Waals surface area contributed by atoms with Gasteiger partial charge < -0.3 is 20.1 Å². The van der Waals surface area contributed by atoms with Crippen molar-refractivity contribution in [3.8, 4) is 0 Å². The Labute approximate surface area is 143 Å². The molecule has 1 atom stereocenters. The molecule has 25 heavy (non-hydrogen) atoms. The number of carboxylic acid groups (broad SMARTS) is 1. The normalized spacial score (nSPS) is 20.2. The van der Waals surface area contributed by atoms with Crippen LogP contribution in [0.15, 0.2) is 42.5 Å². The number of aromatic nitrogens is 1. The number of aromatic amines is 1. The molecule has 0 bridgehead atoms. The van der Waals surface area contributed by atoms with Crippen LogP contribution < -0.4 is 5.32 Å². The van der Waals surface area contributed by atoms with E-state index in [9.17, 15) is 9.59 Å². The molecule has 1 aliphatic heterocycles. The van der Waals surface area contributed by atoms with Crippen LogP contribution in [0.5, 0.6) is 0 Å². The molecule has 1 saturated heterocycles. The second-order valence-electron chi connectivity index (χ2n) is 6.54. The molecule has 1 unspecified atom stereocenters. The molecular weight excluding hydrogens is 320 g/mol. The zero-order valence-electron chi connectivity index (χ0n) is 13.5. The standard InChI is InChI=1S/C19H18N2O4/c22-17(23)10-19(7-8-25-11-19)21-18(24)16-9-14-13-4-2-1-3-12(13)5-6-15(14)20-16/h1-6,9,20H,7-8,10-11H2,(H,21,24)(H,22,23). The lowest BCUT2D eigenvalue weighted by Gasteiger charge is -2.26. The Hall–Kier alpha value is -2.86. The number of carbonyl (C=O) groups is 2. The van der Waals surface area contributed by atoms with Gasteiger partial charge in [0.25, 0.3) is 5.91 Å². The van der Waals surface area contributed by atoms with E-state index in [0.29, 0.717) is 18.7 Å². The number of benzene rings is 2. The Bertz CT molecular complexity index is 970. The lowest BCUT2D eigenvalue weighted by Crippen LogP contribution is -2.50. The number of ether oxygens (including phenoxy) is 1. The van der Waals surface area contributed by atoms with E-state index in [4.69, 9.17) is 9.84 Å². The van der Waals surface area contributed by atoms with E-state index in [1.54, 1.807) is 0 Å². The Kier molecular flexibility index (Phi) is 3.69. The van der Waals surface area contributed by atoms with E-state index in [1.165, 1.54) is 0 Å². The number of nitrogens with one attached hydrogen (secondary N) is 2. The van der Waals surface area contributed by atoms with Crippen LogP contribution in [0, 0.1) is 0 Å². The number of amides is 1. The first-order valence-corrected chi connectivity index (χ1v) is 8.19. The van der Waals surface area contributed by atoms with Crippen molar-refractivity contribution >= 4 is 33.6 Å². The van der Waals surface area contributed by atoms with Gasteiger partial charge in [-0.2, -0.15) is 0 Å². The molecule has 128 valence electrons. The lowest BCUT2D eigenvalue weighted by atomic mass is 9.94. The van der Waals surface area contributed by atoms with Crippen molar-refractivity contribution in [3.63, 3.8) is 0 Å². The van der Waals surface area contributed by atoms with Gasteiger partial charge in [-0.25, -0.2) is 0 Å². The van der Waals surface area contributed by atoms with Crippen LogP contribution in [-0.4, -0.2) is 40.7 Å². The minimum Gasteiger partial charge on any atom is -0.481 e. The number of H-pyrrole nitrogens is 1. The summed E-state index contributed by atoms with van der Waals surface area (Å²) in [5, 5.41) is 15.2. The molecule has 0 aliphatic carbocycles. The van der Waals surface area contributed by atoms with Gasteiger partial charge in [0.05, 0.1) is 18.6 Å². The summed E-state index contributed by atoms with van der Waals surface area (Å²) >= 11 is 0. The van der Waals surface area contributed by atoms with Crippen LogP contribution in [-0.2, 0) is 9.53 Å².